The van der Waals surface area contributed by atoms with Crippen molar-refractivity contribution in [1.82, 2.24) is 0 Å². The number of methoxy groups -OCH3 is 2. The topological polar surface area (TPSA) is 64.7 Å². The smallest absolute Gasteiger partial charge is 0.127 e. The number of hydrogen-bond acceptors (Lipinski definition) is 4. The third-order valence-corrected chi connectivity index (χ3v) is 2.32. The van der Waals surface area contributed by atoms with E-state index in [1.54, 1.807) is 39.3 Å². The van der Waals surface area contributed by atoms with Crippen LogP contribution < -0.4 is 15.2 Å². The van der Waals surface area contributed by atoms with Crippen LogP contribution in [0.1, 0.15) is 18.5 Å². The maximum Gasteiger partial charge on any atom is 0.127 e. The van der Waals surface area contributed by atoms with Crippen LogP contribution in [0.3, 0.4) is 0 Å². The summed E-state index contributed by atoms with van der Waals surface area (Å²) in [5, 5.41) is 9.41. The molecule has 0 heterocycles. The zero-order valence-corrected chi connectivity index (χ0v) is 9.23. The third-order valence-electron chi connectivity index (χ3n) is 2.32. The molecular weight excluding hydrogens is 194 g/mol. The van der Waals surface area contributed by atoms with E-state index in [4.69, 9.17) is 15.2 Å². The van der Waals surface area contributed by atoms with Crippen LogP contribution in [0.5, 0.6) is 11.5 Å². The molecule has 0 saturated heterocycles. The van der Waals surface area contributed by atoms with Gasteiger partial charge in [-0.3, -0.25) is 0 Å². The average molecular weight is 211 g/mol. The minimum atomic E-state index is -0.618. The standard InChI is InChI=1S/C11H17NO3/c1-7(13)11(12)9-5-4-8(14-2)6-10(9)15-3/h4-7,11,13H,12H2,1-3H3/t7-,11-/m1/s1. The molecule has 0 saturated carbocycles. The first-order valence-electron chi connectivity index (χ1n) is 4.75. The fourth-order valence-corrected chi connectivity index (χ4v) is 1.35. The van der Waals surface area contributed by atoms with Crippen molar-refractivity contribution in [3.05, 3.63) is 23.8 Å². The SMILES string of the molecule is COc1ccc([C@H](N)[C@@H](C)O)c(OC)c1. The summed E-state index contributed by atoms with van der Waals surface area (Å²) in [6, 6.07) is 4.89. The summed E-state index contributed by atoms with van der Waals surface area (Å²) >= 11 is 0. The Morgan fingerprint density at radius 2 is 1.93 bits per heavy atom. The van der Waals surface area contributed by atoms with Gasteiger partial charge in [-0.25, -0.2) is 0 Å². The summed E-state index contributed by atoms with van der Waals surface area (Å²) in [5.41, 5.74) is 6.61. The Kier molecular flexibility index (Phi) is 3.94. The van der Waals surface area contributed by atoms with Gasteiger partial charge in [-0.1, -0.05) is 0 Å². The highest BCUT2D eigenvalue weighted by Gasteiger charge is 2.16. The molecule has 0 aliphatic heterocycles. The van der Waals surface area contributed by atoms with Crippen molar-refractivity contribution in [2.45, 2.75) is 19.1 Å². The van der Waals surface area contributed by atoms with Gasteiger partial charge in [0.05, 0.1) is 26.4 Å². The molecule has 84 valence electrons. The van der Waals surface area contributed by atoms with Crippen molar-refractivity contribution >= 4 is 0 Å². The molecule has 1 rings (SSSR count). The molecule has 0 radical (unpaired) electrons. The van der Waals surface area contributed by atoms with E-state index in [1.165, 1.54) is 0 Å². The molecule has 0 aliphatic rings. The van der Waals surface area contributed by atoms with Gasteiger partial charge >= 0.3 is 0 Å². The number of aliphatic hydroxyl groups excluding tert-OH is 1. The van der Waals surface area contributed by atoms with Crippen molar-refractivity contribution in [3.8, 4) is 11.5 Å². The summed E-state index contributed by atoms with van der Waals surface area (Å²) in [6.07, 6.45) is -0.618. The normalized spacial score (nSPS) is 14.5. The second-order valence-electron chi connectivity index (χ2n) is 3.37. The third kappa shape index (κ3) is 2.61. The number of rotatable bonds is 4. The Bertz CT molecular complexity index is 326. The van der Waals surface area contributed by atoms with Crippen molar-refractivity contribution in [3.63, 3.8) is 0 Å². The van der Waals surface area contributed by atoms with Crippen molar-refractivity contribution < 1.29 is 14.6 Å². The lowest BCUT2D eigenvalue weighted by Crippen LogP contribution is -2.23. The van der Waals surface area contributed by atoms with Gasteiger partial charge in [0.25, 0.3) is 0 Å². The van der Waals surface area contributed by atoms with Crippen LogP contribution in [-0.4, -0.2) is 25.4 Å². The van der Waals surface area contributed by atoms with E-state index >= 15 is 0 Å². The van der Waals surface area contributed by atoms with Crippen molar-refractivity contribution in [2.75, 3.05) is 14.2 Å². The quantitative estimate of drug-likeness (QED) is 0.782. The zero-order valence-electron chi connectivity index (χ0n) is 9.23. The monoisotopic (exact) mass is 211 g/mol. The van der Waals surface area contributed by atoms with Gasteiger partial charge in [0.15, 0.2) is 0 Å². The Labute approximate surface area is 89.6 Å². The van der Waals surface area contributed by atoms with Gasteiger partial charge in [-0.15, -0.1) is 0 Å². The maximum atomic E-state index is 9.41. The number of nitrogens with two attached hydrogens (primary N) is 1. The predicted molar refractivity (Wildman–Crippen MR) is 58.2 cm³/mol. The van der Waals surface area contributed by atoms with E-state index in [0.717, 1.165) is 5.56 Å². The van der Waals surface area contributed by atoms with E-state index in [1.807, 2.05) is 0 Å². The average Bonchev–Trinajstić information content (AvgIpc) is 2.27. The van der Waals surface area contributed by atoms with Crippen molar-refractivity contribution in [1.29, 1.82) is 0 Å². The maximum absolute atomic E-state index is 9.41. The zero-order chi connectivity index (χ0) is 11.4. The second kappa shape index (κ2) is 5.00. The largest absolute Gasteiger partial charge is 0.497 e. The molecule has 0 aromatic heterocycles. The Hall–Kier alpha value is -1.26. The highest BCUT2D eigenvalue weighted by molar-refractivity contribution is 5.42. The number of hydrogen-bond donors (Lipinski definition) is 2. The minimum Gasteiger partial charge on any atom is -0.497 e. The first kappa shape index (κ1) is 11.8. The minimum absolute atomic E-state index is 0.453. The molecule has 4 nitrogen and oxygen atoms in total. The molecule has 1 aromatic rings. The summed E-state index contributed by atoms with van der Waals surface area (Å²) in [5.74, 6) is 1.33. The molecule has 0 bridgehead atoms. The van der Waals surface area contributed by atoms with E-state index < -0.39 is 12.1 Å². The first-order valence-corrected chi connectivity index (χ1v) is 4.75. The highest BCUT2D eigenvalue weighted by atomic mass is 16.5. The van der Waals surface area contributed by atoms with Crippen LogP contribution in [0, 0.1) is 0 Å². The first-order chi connectivity index (χ1) is 7.10. The Morgan fingerprint density at radius 3 is 2.40 bits per heavy atom. The number of ether oxygens (including phenoxy) is 2. The second-order valence-corrected chi connectivity index (χ2v) is 3.37. The van der Waals surface area contributed by atoms with Crippen LogP contribution in [0.25, 0.3) is 0 Å². The molecule has 0 fully saturated rings. The molecule has 15 heavy (non-hydrogen) atoms. The lowest BCUT2D eigenvalue weighted by atomic mass is 10.0. The van der Waals surface area contributed by atoms with Crippen LogP contribution in [0.4, 0.5) is 0 Å². The van der Waals surface area contributed by atoms with Crippen LogP contribution in [-0.2, 0) is 0 Å². The fraction of sp³-hybridized carbons (Fsp3) is 0.455. The van der Waals surface area contributed by atoms with Crippen molar-refractivity contribution in [2.24, 2.45) is 5.73 Å². The van der Waals surface area contributed by atoms with E-state index in [2.05, 4.69) is 0 Å². The Morgan fingerprint density at radius 1 is 1.27 bits per heavy atom. The molecule has 0 aliphatic carbocycles. The van der Waals surface area contributed by atoms with E-state index in [0.29, 0.717) is 11.5 Å². The fourth-order valence-electron chi connectivity index (χ4n) is 1.35. The molecular formula is C11H17NO3. The molecule has 0 spiro atoms. The molecule has 2 atom stereocenters. The lowest BCUT2D eigenvalue weighted by molar-refractivity contribution is 0.162. The Balaban J connectivity index is 3.07. The van der Waals surface area contributed by atoms with Gasteiger partial charge in [-0.05, 0) is 19.1 Å². The molecule has 0 amide bonds. The molecule has 0 unspecified atom stereocenters. The summed E-state index contributed by atoms with van der Waals surface area (Å²) in [4.78, 5) is 0. The predicted octanol–water partition coefficient (Wildman–Crippen LogP) is 1.08. The molecule has 4 heteroatoms. The van der Waals surface area contributed by atoms with Gasteiger partial charge in [0.1, 0.15) is 11.5 Å². The molecule has 3 N–H and O–H groups in total. The highest BCUT2D eigenvalue weighted by Crippen LogP contribution is 2.29. The number of aliphatic hydroxyl groups is 1. The lowest BCUT2D eigenvalue weighted by Gasteiger charge is -2.18. The van der Waals surface area contributed by atoms with E-state index in [9.17, 15) is 5.11 Å². The van der Waals surface area contributed by atoms with E-state index in [-0.39, 0.29) is 0 Å². The van der Waals surface area contributed by atoms with Crippen LogP contribution >= 0.6 is 0 Å². The summed E-state index contributed by atoms with van der Waals surface area (Å²) < 4.78 is 10.3. The summed E-state index contributed by atoms with van der Waals surface area (Å²) in [6.45, 7) is 1.65. The van der Waals surface area contributed by atoms with Crippen LogP contribution in [0.2, 0.25) is 0 Å². The summed E-state index contributed by atoms with van der Waals surface area (Å²) in [7, 11) is 3.15. The van der Waals surface area contributed by atoms with Gasteiger partial charge in [0.2, 0.25) is 0 Å². The molecule has 1 aromatic carbocycles. The van der Waals surface area contributed by atoms with Crippen LogP contribution in [0.15, 0.2) is 18.2 Å². The van der Waals surface area contributed by atoms with Gasteiger partial charge < -0.3 is 20.3 Å². The number of benzene rings is 1. The van der Waals surface area contributed by atoms with Gasteiger partial charge in [-0.2, -0.15) is 0 Å². The van der Waals surface area contributed by atoms with Gasteiger partial charge in [0, 0.05) is 11.6 Å².